The summed E-state index contributed by atoms with van der Waals surface area (Å²) in [5.74, 6) is 0.151. The van der Waals surface area contributed by atoms with Crippen LogP contribution in [0.25, 0.3) is 22.2 Å². The van der Waals surface area contributed by atoms with Gasteiger partial charge in [0.2, 0.25) is 5.43 Å². The van der Waals surface area contributed by atoms with E-state index < -0.39 is 0 Å². The molecule has 0 aliphatic rings. The molecule has 22 heavy (non-hydrogen) atoms. The molecule has 0 atom stereocenters. The summed E-state index contributed by atoms with van der Waals surface area (Å²) in [6.07, 6.45) is 2.75. The van der Waals surface area contributed by atoms with E-state index in [2.05, 4.69) is 5.16 Å². The van der Waals surface area contributed by atoms with Crippen molar-refractivity contribution in [3.63, 3.8) is 0 Å². The molecule has 0 fully saturated rings. The van der Waals surface area contributed by atoms with E-state index in [0.29, 0.717) is 39.9 Å². The van der Waals surface area contributed by atoms with Crippen LogP contribution < -0.4 is 5.43 Å². The van der Waals surface area contributed by atoms with Crippen LogP contribution in [-0.2, 0) is 6.54 Å². The van der Waals surface area contributed by atoms with Gasteiger partial charge < -0.3 is 18.9 Å². The smallest absolute Gasteiger partial charge is 0.202 e. The number of fused-ring (bicyclic) bond motifs is 1. The number of aromatic nitrogens is 1. The molecule has 0 unspecified atom stereocenters. The van der Waals surface area contributed by atoms with Gasteiger partial charge in [0, 0.05) is 23.7 Å². The van der Waals surface area contributed by atoms with Gasteiger partial charge in [0.05, 0.1) is 10.9 Å². The maximum absolute atomic E-state index is 12.7. The topological polar surface area (TPSA) is 79.7 Å². The Morgan fingerprint density at radius 2 is 2.14 bits per heavy atom. The van der Waals surface area contributed by atoms with Gasteiger partial charge in [-0.25, -0.2) is 0 Å². The summed E-state index contributed by atoms with van der Waals surface area (Å²) in [7, 11) is 3.79. The first-order chi connectivity index (χ1) is 10.5. The van der Waals surface area contributed by atoms with E-state index in [4.69, 9.17) is 8.94 Å². The molecule has 0 aliphatic heterocycles. The van der Waals surface area contributed by atoms with Crippen LogP contribution in [0.2, 0.25) is 0 Å². The first kappa shape index (κ1) is 14.3. The van der Waals surface area contributed by atoms with E-state index in [9.17, 15) is 9.90 Å². The lowest BCUT2D eigenvalue weighted by molar-refractivity contribution is 0.385. The van der Waals surface area contributed by atoms with Crippen LogP contribution in [0.15, 0.2) is 38.4 Å². The van der Waals surface area contributed by atoms with Gasteiger partial charge in [-0.3, -0.25) is 4.79 Å². The summed E-state index contributed by atoms with van der Waals surface area (Å²) in [6.45, 7) is 2.26. The van der Waals surface area contributed by atoms with Crippen molar-refractivity contribution >= 4 is 11.0 Å². The standard InChI is InChI=1S/C16H16N2O4/c1-9-14(19)10(7-18(2)3)6-11-15(20)12(8-21-16(9)11)13-4-5-22-17-13/h4-6,8,19H,7H2,1-3H3. The van der Waals surface area contributed by atoms with E-state index >= 15 is 0 Å². The Balaban J connectivity index is 2.29. The molecule has 0 bridgehead atoms. The fraction of sp³-hybridized carbons (Fsp3) is 0.250. The van der Waals surface area contributed by atoms with Crippen molar-refractivity contribution in [1.29, 1.82) is 0 Å². The second kappa shape index (κ2) is 5.31. The lowest BCUT2D eigenvalue weighted by Gasteiger charge is -2.14. The van der Waals surface area contributed by atoms with Crippen molar-refractivity contribution in [1.82, 2.24) is 10.1 Å². The van der Waals surface area contributed by atoms with Crippen molar-refractivity contribution in [2.24, 2.45) is 0 Å². The maximum atomic E-state index is 12.7. The van der Waals surface area contributed by atoms with Gasteiger partial charge in [-0.05, 0) is 27.1 Å². The fourth-order valence-electron chi connectivity index (χ4n) is 2.48. The third kappa shape index (κ3) is 2.27. The Morgan fingerprint density at radius 1 is 1.36 bits per heavy atom. The van der Waals surface area contributed by atoms with Crippen molar-refractivity contribution in [2.45, 2.75) is 13.5 Å². The molecule has 2 aromatic heterocycles. The first-order valence-corrected chi connectivity index (χ1v) is 6.81. The summed E-state index contributed by atoms with van der Waals surface area (Å²) in [4.78, 5) is 14.6. The zero-order valence-corrected chi connectivity index (χ0v) is 12.6. The Hall–Kier alpha value is -2.60. The summed E-state index contributed by atoms with van der Waals surface area (Å²) >= 11 is 0. The Bertz CT molecular complexity index is 879. The highest BCUT2D eigenvalue weighted by molar-refractivity contribution is 5.86. The van der Waals surface area contributed by atoms with E-state index in [-0.39, 0.29) is 11.2 Å². The minimum atomic E-state index is -0.196. The average molecular weight is 300 g/mol. The fourth-order valence-corrected chi connectivity index (χ4v) is 2.48. The van der Waals surface area contributed by atoms with Crippen LogP contribution in [0.4, 0.5) is 0 Å². The van der Waals surface area contributed by atoms with Crippen LogP contribution >= 0.6 is 0 Å². The summed E-state index contributed by atoms with van der Waals surface area (Å²) in [6, 6.07) is 3.28. The van der Waals surface area contributed by atoms with E-state index in [1.165, 1.54) is 12.5 Å². The molecule has 3 aromatic rings. The van der Waals surface area contributed by atoms with Crippen LogP contribution in [0.1, 0.15) is 11.1 Å². The number of phenols is 1. The van der Waals surface area contributed by atoms with Gasteiger partial charge in [0.15, 0.2) is 0 Å². The summed E-state index contributed by atoms with van der Waals surface area (Å²) < 4.78 is 10.3. The highest BCUT2D eigenvalue weighted by Gasteiger charge is 2.17. The molecule has 0 aliphatic carbocycles. The van der Waals surface area contributed by atoms with E-state index in [0.717, 1.165) is 0 Å². The second-order valence-corrected chi connectivity index (χ2v) is 5.49. The third-order valence-corrected chi connectivity index (χ3v) is 3.55. The minimum absolute atomic E-state index is 0.151. The number of aryl methyl sites for hydroxylation is 1. The molecule has 2 heterocycles. The second-order valence-electron chi connectivity index (χ2n) is 5.49. The lowest BCUT2D eigenvalue weighted by Crippen LogP contribution is -2.12. The third-order valence-electron chi connectivity index (χ3n) is 3.55. The number of hydrogen-bond acceptors (Lipinski definition) is 6. The van der Waals surface area contributed by atoms with Gasteiger partial charge in [0.1, 0.15) is 29.6 Å². The number of rotatable bonds is 3. The number of phenolic OH excluding ortho intramolecular Hbond substituents is 1. The normalized spacial score (nSPS) is 11.5. The van der Waals surface area contributed by atoms with Crippen molar-refractivity contribution in [3.05, 3.63) is 46.0 Å². The van der Waals surface area contributed by atoms with Gasteiger partial charge >= 0.3 is 0 Å². The molecule has 1 aromatic carbocycles. The molecule has 0 amide bonds. The molecular formula is C16H16N2O4. The van der Waals surface area contributed by atoms with Gasteiger partial charge in [0.25, 0.3) is 0 Å². The van der Waals surface area contributed by atoms with Crippen molar-refractivity contribution < 1.29 is 14.0 Å². The Labute approximate surface area is 126 Å². The maximum Gasteiger partial charge on any atom is 0.202 e. The van der Waals surface area contributed by atoms with Gasteiger partial charge in [-0.1, -0.05) is 5.16 Å². The molecule has 0 saturated carbocycles. The molecule has 114 valence electrons. The minimum Gasteiger partial charge on any atom is -0.507 e. The first-order valence-electron chi connectivity index (χ1n) is 6.81. The monoisotopic (exact) mass is 300 g/mol. The highest BCUT2D eigenvalue weighted by atomic mass is 16.5. The molecule has 0 spiro atoms. The van der Waals surface area contributed by atoms with Gasteiger partial charge in [-0.15, -0.1) is 0 Å². The molecule has 0 radical (unpaired) electrons. The number of nitrogens with zero attached hydrogens (tertiary/aromatic N) is 2. The van der Waals surface area contributed by atoms with Crippen LogP contribution in [0.3, 0.4) is 0 Å². The zero-order valence-electron chi connectivity index (χ0n) is 12.6. The molecule has 6 nitrogen and oxygen atoms in total. The highest BCUT2D eigenvalue weighted by Crippen LogP contribution is 2.31. The van der Waals surface area contributed by atoms with Gasteiger partial charge in [-0.2, -0.15) is 0 Å². The quantitative estimate of drug-likeness (QED) is 0.800. The van der Waals surface area contributed by atoms with Crippen LogP contribution in [0.5, 0.6) is 5.75 Å². The number of benzene rings is 1. The predicted molar refractivity (Wildman–Crippen MR) is 81.8 cm³/mol. The summed E-state index contributed by atoms with van der Waals surface area (Å²) in [5, 5.41) is 14.5. The molecule has 3 rings (SSSR count). The molecule has 6 heteroatoms. The van der Waals surface area contributed by atoms with E-state index in [1.807, 2.05) is 19.0 Å². The SMILES string of the molecule is Cc1c(O)c(CN(C)C)cc2c(=O)c(-c3ccon3)coc12. The molecule has 0 saturated heterocycles. The predicted octanol–water partition coefficient (Wildman–Crippen LogP) is 2.52. The Kier molecular flexibility index (Phi) is 3.46. The lowest BCUT2D eigenvalue weighted by atomic mass is 10.0. The largest absolute Gasteiger partial charge is 0.507 e. The molecular weight excluding hydrogens is 284 g/mol. The van der Waals surface area contributed by atoms with E-state index in [1.54, 1.807) is 19.1 Å². The number of hydrogen-bond donors (Lipinski definition) is 1. The van der Waals surface area contributed by atoms with Crippen LogP contribution in [0, 0.1) is 6.92 Å². The summed E-state index contributed by atoms with van der Waals surface area (Å²) in [5.41, 5.74) is 2.19. The van der Waals surface area contributed by atoms with Crippen LogP contribution in [-0.4, -0.2) is 29.3 Å². The Morgan fingerprint density at radius 3 is 2.77 bits per heavy atom. The molecule has 1 N–H and O–H groups in total. The zero-order chi connectivity index (χ0) is 15.9. The van der Waals surface area contributed by atoms with Crippen molar-refractivity contribution in [2.75, 3.05) is 14.1 Å². The number of aromatic hydroxyl groups is 1. The average Bonchev–Trinajstić information content (AvgIpc) is 2.99. The van der Waals surface area contributed by atoms with Crippen molar-refractivity contribution in [3.8, 4) is 17.0 Å².